The first-order valence-corrected chi connectivity index (χ1v) is 17.7. The first-order chi connectivity index (χ1) is 23.1. The van der Waals surface area contributed by atoms with Crippen molar-refractivity contribution in [2.45, 2.75) is 85.5 Å². The van der Waals surface area contributed by atoms with Crippen molar-refractivity contribution in [3.05, 3.63) is 125 Å². The van der Waals surface area contributed by atoms with E-state index in [-0.39, 0.29) is 23.0 Å². The third-order valence-corrected chi connectivity index (χ3v) is 10.6. The number of anilines is 6. The second-order valence-electron chi connectivity index (χ2n) is 17.3. The summed E-state index contributed by atoms with van der Waals surface area (Å²) in [5, 5.41) is 1.17. The van der Waals surface area contributed by atoms with E-state index in [1.54, 1.807) is 0 Å². The molecule has 0 unspecified atom stereocenters. The maximum atomic E-state index is 6.91. The predicted molar refractivity (Wildman–Crippen MR) is 211 cm³/mol. The maximum absolute atomic E-state index is 6.91. The predicted octanol–water partition coefficient (Wildman–Crippen LogP) is 10.7. The molecule has 5 aromatic carbocycles. The first-order valence-electron chi connectivity index (χ1n) is 17.7. The fourth-order valence-electron chi connectivity index (χ4n) is 7.82. The summed E-state index contributed by atoms with van der Waals surface area (Å²) in [4.78, 5) is 4.90. The highest BCUT2D eigenvalue weighted by molar-refractivity contribution is 7.01. The van der Waals surface area contributed by atoms with Gasteiger partial charge in [0.2, 0.25) is 5.88 Å². The van der Waals surface area contributed by atoms with Gasteiger partial charge in [0.05, 0.1) is 0 Å². The summed E-state index contributed by atoms with van der Waals surface area (Å²) in [5.41, 5.74) is 16.1. The molecule has 246 valence electrons. The number of aryl methyl sites for hydroxylation is 1. The zero-order chi connectivity index (χ0) is 34.6. The lowest BCUT2D eigenvalue weighted by Gasteiger charge is -2.43. The zero-order valence-corrected chi connectivity index (χ0v) is 30.7. The van der Waals surface area contributed by atoms with Crippen molar-refractivity contribution in [3.63, 3.8) is 0 Å². The molecule has 0 atom stereocenters. The van der Waals surface area contributed by atoms with E-state index in [0.29, 0.717) is 0 Å². The monoisotopic (exact) mass is 642 g/mol. The van der Waals surface area contributed by atoms with E-state index < -0.39 is 0 Å². The van der Waals surface area contributed by atoms with Gasteiger partial charge in [-0.15, -0.1) is 0 Å². The lowest BCUT2D eigenvalue weighted by Crippen LogP contribution is -2.61. The molecule has 4 heteroatoms. The standard InChI is InChI=1S/C45H47BN2O/c1-28-25-37-41-38(26-28)48(33-22-17-30(18-23-33)44(5,6)7)42-40(34-13-11-12-14-39(34)49-42)46(41)35-24-19-31(45(8,9)10)27-36(35)47(37)32-20-15-29(16-21-32)43(2,3)4/h11-27H,1-10H3. The van der Waals surface area contributed by atoms with Crippen molar-refractivity contribution < 1.29 is 4.42 Å². The highest BCUT2D eigenvalue weighted by atomic mass is 16.4. The van der Waals surface area contributed by atoms with Crippen LogP contribution in [-0.4, -0.2) is 6.71 Å². The van der Waals surface area contributed by atoms with E-state index >= 15 is 0 Å². The van der Waals surface area contributed by atoms with E-state index in [0.717, 1.165) is 17.2 Å². The molecule has 0 bridgehead atoms. The van der Waals surface area contributed by atoms with Crippen molar-refractivity contribution >= 4 is 68.4 Å². The molecule has 6 aromatic rings. The van der Waals surface area contributed by atoms with Crippen LogP contribution in [0, 0.1) is 6.92 Å². The van der Waals surface area contributed by atoms with Crippen LogP contribution < -0.4 is 26.2 Å². The number of hydrogen-bond donors (Lipinski definition) is 0. The van der Waals surface area contributed by atoms with E-state index in [1.807, 2.05) is 0 Å². The smallest absolute Gasteiger partial charge is 0.257 e. The zero-order valence-electron chi connectivity index (χ0n) is 30.7. The van der Waals surface area contributed by atoms with Crippen LogP contribution in [0.3, 0.4) is 0 Å². The Morgan fingerprint density at radius 2 is 1.02 bits per heavy atom. The van der Waals surface area contributed by atoms with Crippen LogP contribution in [0.5, 0.6) is 0 Å². The Bertz CT molecular complexity index is 2240. The topological polar surface area (TPSA) is 19.6 Å². The molecule has 0 radical (unpaired) electrons. The summed E-state index contributed by atoms with van der Waals surface area (Å²) in [5.74, 6) is 0.910. The van der Waals surface area contributed by atoms with Crippen LogP contribution >= 0.6 is 0 Å². The first kappa shape index (κ1) is 31.6. The second kappa shape index (κ2) is 10.7. The SMILES string of the molecule is Cc1cc2c3c(c1)N(c1ccc(C(C)(C)C)cc1)c1oc4ccccc4c1B3c1ccc(C(C)(C)C)cc1N2c1ccc(C(C)(C)C)cc1. The van der Waals surface area contributed by atoms with Gasteiger partial charge in [0.1, 0.15) is 5.58 Å². The number of fused-ring (bicyclic) bond motifs is 6. The van der Waals surface area contributed by atoms with Gasteiger partial charge < -0.3 is 9.32 Å². The van der Waals surface area contributed by atoms with Gasteiger partial charge in [-0.05, 0) is 105 Å². The van der Waals surface area contributed by atoms with E-state index in [2.05, 4.69) is 182 Å². The molecule has 0 aliphatic carbocycles. The third-order valence-electron chi connectivity index (χ3n) is 10.6. The molecule has 8 rings (SSSR count). The molecule has 0 amide bonds. The molecule has 3 heterocycles. The minimum Gasteiger partial charge on any atom is -0.440 e. The highest BCUT2D eigenvalue weighted by Gasteiger charge is 2.46. The Labute approximate surface area is 292 Å². The van der Waals surface area contributed by atoms with Gasteiger partial charge in [-0.25, -0.2) is 0 Å². The number of para-hydroxylation sites is 1. The summed E-state index contributed by atoms with van der Waals surface area (Å²) in [6.07, 6.45) is 0. The number of rotatable bonds is 2. The fourth-order valence-corrected chi connectivity index (χ4v) is 7.82. The highest BCUT2D eigenvalue weighted by Crippen LogP contribution is 2.47. The van der Waals surface area contributed by atoms with Gasteiger partial charge in [0.15, 0.2) is 0 Å². The normalized spacial score (nSPS) is 14.2. The molecule has 0 saturated carbocycles. The Hall–Kier alpha value is -4.70. The van der Waals surface area contributed by atoms with Crippen molar-refractivity contribution in [1.29, 1.82) is 0 Å². The van der Waals surface area contributed by atoms with Gasteiger partial charge in [-0.3, -0.25) is 4.90 Å². The number of furan rings is 1. The summed E-state index contributed by atoms with van der Waals surface area (Å²) >= 11 is 0. The van der Waals surface area contributed by atoms with Crippen molar-refractivity contribution in [2.24, 2.45) is 0 Å². The molecule has 2 aliphatic rings. The molecule has 2 aliphatic heterocycles. The van der Waals surface area contributed by atoms with Crippen LogP contribution in [-0.2, 0) is 16.2 Å². The number of hydrogen-bond acceptors (Lipinski definition) is 3. The Balaban J connectivity index is 1.45. The number of nitrogens with zero attached hydrogens (tertiary/aromatic N) is 2. The molecule has 3 nitrogen and oxygen atoms in total. The van der Waals surface area contributed by atoms with Gasteiger partial charge in [0, 0.05) is 39.3 Å². The van der Waals surface area contributed by atoms with Crippen LogP contribution in [0.1, 0.15) is 84.6 Å². The quantitative estimate of drug-likeness (QED) is 0.175. The van der Waals surface area contributed by atoms with Gasteiger partial charge >= 0.3 is 0 Å². The van der Waals surface area contributed by atoms with Crippen LogP contribution in [0.4, 0.5) is 34.3 Å². The minimum atomic E-state index is 0.00487. The van der Waals surface area contributed by atoms with Gasteiger partial charge in [-0.1, -0.05) is 117 Å². The molecule has 0 N–H and O–H groups in total. The Morgan fingerprint density at radius 1 is 0.510 bits per heavy atom. The summed E-state index contributed by atoms with van der Waals surface area (Å²) in [6.45, 7) is 22.8. The molecular formula is C45H47BN2O. The maximum Gasteiger partial charge on any atom is 0.257 e. The van der Waals surface area contributed by atoms with Crippen LogP contribution in [0.25, 0.3) is 11.0 Å². The molecule has 0 fully saturated rings. The summed E-state index contributed by atoms with van der Waals surface area (Å²) < 4.78 is 6.91. The molecule has 0 spiro atoms. The van der Waals surface area contributed by atoms with Gasteiger partial charge in [0.25, 0.3) is 6.71 Å². The van der Waals surface area contributed by atoms with E-state index in [1.165, 1.54) is 66.8 Å². The van der Waals surface area contributed by atoms with Crippen LogP contribution in [0.2, 0.25) is 0 Å². The van der Waals surface area contributed by atoms with Gasteiger partial charge in [-0.2, -0.15) is 0 Å². The Kier molecular flexibility index (Phi) is 6.86. The van der Waals surface area contributed by atoms with E-state index in [9.17, 15) is 0 Å². The van der Waals surface area contributed by atoms with Crippen molar-refractivity contribution in [2.75, 3.05) is 9.80 Å². The molecule has 49 heavy (non-hydrogen) atoms. The average Bonchev–Trinajstić information content (AvgIpc) is 3.42. The minimum absolute atomic E-state index is 0.00487. The molecular weight excluding hydrogens is 595 g/mol. The fraction of sp³-hybridized carbons (Fsp3) is 0.289. The average molecular weight is 643 g/mol. The Morgan fingerprint density at radius 3 is 1.59 bits per heavy atom. The summed E-state index contributed by atoms with van der Waals surface area (Å²) in [6, 6.07) is 38.8. The second-order valence-corrected chi connectivity index (χ2v) is 17.3. The molecule has 1 aromatic heterocycles. The number of benzene rings is 5. The lowest BCUT2D eigenvalue weighted by molar-refractivity contribution is 0.590. The molecule has 0 saturated heterocycles. The van der Waals surface area contributed by atoms with Crippen molar-refractivity contribution in [1.82, 2.24) is 0 Å². The van der Waals surface area contributed by atoms with E-state index in [4.69, 9.17) is 4.42 Å². The summed E-state index contributed by atoms with van der Waals surface area (Å²) in [7, 11) is 0. The largest absolute Gasteiger partial charge is 0.440 e. The lowest BCUT2D eigenvalue weighted by atomic mass is 9.33. The van der Waals surface area contributed by atoms with Crippen molar-refractivity contribution in [3.8, 4) is 0 Å². The van der Waals surface area contributed by atoms with Crippen LogP contribution in [0.15, 0.2) is 108 Å². The third kappa shape index (κ3) is 5.02.